The molecule has 0 aliphatic carbocycles. The SMILES string of the molecule is CN1CCN(C(=Nc2ccc(Cl)cc2)c2ccccc2)CC1. The molecule has 4 heteroatoms. The van der Waals surface area contributed by atoms with Gasteiger partial charge in [0, 0.05) is 36.8 Å². The topological polar surface area (TPSA) is 18.8 Å². The number of aliphatic imine (C=N–C) groups is 1. The number of piperazine rings is 1. The third-order valence-electron chi connectivity index (χ3n) is 3.90. The lowest BCUT2D eigenvalue weighted by molar-refractivity contribution is 0.216. The van der Waals surface area contributed by atoms with E-state index in [1.165, 1.54) is 0 Å². The van der Waals surface area contributed by atoms with Crippen molar-refractivity contribution in [3.05, 3.63) is 65.2 Å². The van der Waals surface area contributed by atoms with Gasteiger partial charge in [0.15, 0.2) is 0 Å². The molecule has 0 bridgehead atoms. The summed E-state index contributed by atoms with van der Waals surface area (Å²) in [6.07, 6.45) is 0. The second-order valence-corrected chi connectivity index (χ2v) is 6.00. The first-order valence-corrected chi connectivity index (χ1v) is 7.93. The highest BCUT2D eigenvalue weighted by molar-refractivity contribution is 6.30. The van der Waals surface area contributed by atoms with Crippen LogP contribution in [0.25, 0.3) is 0 Å². The van der Waals surface area contributed by atoms with E-state index in [1.807, 2.05) is 30.3 Å². The van der Waals surface area contributed by atoms with E-state index in [-0.39, 0.29) is 0 Å². The predicted molar refractivity (Wildman–Crippen MR) is 93.2 cm³/mol. The Morgan fingerprint density at radius 3 is 2.18 bits per heavy atom. The van der Waals surface area contributed by atoms with E-state index in [0.29, 0.717) is 0 Å². The molecule has 0 spiro atoms. The van der Waals surface area contributed by atoms with Gasteiger partial charge in [-0.15, -0.1) is 0 Å². The lowest BCUT2D eigenvalue weighted by atomic mass is 10.1. The molecule has 0 saturated carbocycles. The highest BCUT2D eigenvalue weighted by atomic mass is 35.5. The molecule has 0 unspecified atom stereocenters. The lowest BCUT2D eigenvalue weighted by Gasteiger charge is -2.34. The van der Waals surface area contributed by atoms with Crippen molar-refractivity contribution in [2.24, 2.45) is 4.99 Å². The Hall–Kier alpha value is -1.84. The first-order chi connectivity index (χ1) is 10.7. The molecule has 1 aliphatic rings. The van der Waals surface area contributed by atoms with E-state index >= 15 is 0 Å². The molecule has 1 saturated heterocycles. The van der Waals surface area contributed by atoms with E-state index in [1.54, 1.807) is 0 Å². The van der Waals surface area contributed by atoms with Crippen molar-refractivity contribution in [3.8, 4) is 0 Å². The van der Waals surface area contributed by atoms with Crippen LogP contribution in [0.1, 0.15) is 5.56 Å². The predicted octanol–water partition coefficient (Wildman–Crippen LogP) is 3.67. The Bertz CT molecular complexity index is 629. The van der Waals surface area contributed by atoms with Crippen molar-refractivity contribution in [3.63, 3.8) is 0 Å². The quantitative estimate of drug-likeness (QED) is 0.622. The zero-order chi connectivity index (χ0) is 15.4. The summed E-state index contributed by atoms with van der Waals surface area (Å²) >= 11 is 5.97. The summed E-state index contributed by atoms with van der Waals surface area (Å²) in [5, 5.41) is 0.736. The fourth-order valence-electron chi connectivity index (χ4n) is 2.56. The van der Waals surface area contributed by atoms with Gasteiger partial charge in [0.05, 0.1) is 5.69 Å². The molecular formula is C18H20ClN3. The molecule has 1 aliphatic heterocycles. The van der Waals surface area contributed by atoms with Gasteiger partial charge in [0.25, 0.3) is 0 Å². The summed E-state index contributed by atoms with van der Waals surface area (Å²) in [4.78, 5) is 9.60. The lowest BCUT2D eigenvalue weighted by Crippen LogP contribution is -2.47. The molecule has 0 atom stereocenters. The third-order valence-corrected chi connectivity index (χ3v) is 4.15. The summed E-state index contributed by atoms with van der Waals surface area (Å²) in [5.74, 6) is 1.04. The van der Waals surface area contributed by atoms with Crippen LogP contribution in [0.15, 0.2) is 59.6 Å². The standard InChI is InChI=1S/C18H20ClN3/c1-21-11-13-22(14-12-21)18(15-5-3-2-4-6-15)20-17-9-7-16(19)8-10-17/h2-10H,11-14H2,1H3. The number of nitrogens with zero attached hydrogens (tertiary/aromatic N) is 3. The third kappa shape index (κ3) is 3.67. The summed E-state index contributed by atoms with van der Waals surface area (Å²) < 4.78 is 0. The van der Waals surface area contributed by atoms with Gasteiger partial charge in [-0.25, -0.2) is 4.99 Å². The van der Waals surface area contributed by atoms with Crippen LogP contribution in [0.2, 0.25) is 5.02 Å². The fourth-order valence-corrected chi connectivity index (χ4v) is 2.69. The summed E-state index contributed by atoms with van der Waals surface area (Å²) in [6.45, 7) is 4.12. The van der Waals surface area contributed by atoms with E-state index in [2.05, 4.69) is 41.1 Å². The Morgan fingerprint density at radius 1 is 0.909 bits per heavy atom. The number of rotatable bonds is 2. The Labute approximate surface area is 136 Å². The Morgan fingerprint density at radius 2 is 1.55 bits per heavy atom. The van der Waals surface area contributed by atoms with Gasteiger partial charge in [-0.3, -0.25) is 0 Å². The van der Waals surface area contributed by atoms with E-state index in [9.17, 15) is 0 Å². The molecule has 1 heterocycles. The van der Waals surface area contributed by atoms with Gasteiger partial charge in [-0.1, -0.05) is 41.9 Å². The van der Waals surface area contributed by atoms with Crippen LogP contribution < -0.4 is 0 Å². The van der Waals surface area contributed by atoms with Gasteiger partial charge in [0.1, 0.15) is 5.84 Å². The number of halogens is 1. The van der Waals surface area contributed by atoms with E-state index in [4.69, 9.17) is 16.6 Å². The minimum Gasteiger partial charge on any atom is -0.354 e. The van der Waals surface area contributed by atoms with Gasteiger partial charge < -0.3 is 9.80 Å². The number of hydrogen-bond donors (Lipinski definition) is 0. The average Bonchev–Trinajstić information content (AvgIpc) is 2.56. The Kier molecular flexibility index (Phi) is 4.76. The molecule has 0 N–H and O–H groups in total. The van der Waals surface area contributed by atoms with Crippen LogP contribution in [0.3, 0.4) is 0 Å². The zero-order valence-electron chi connectivity index (χ0n) is 12.7. The molecule has 2 aromatic rings. The number of amidine groups is 1. The van der Waals surface area contributed by atoms with Crippen molar-refractivity contribution in [2.45, 2.75) is 0 Å². The molecule has 114 valence electrons. The maximum Gasteiger partial charge on any atom is 0.136 e. The minimum absolute atomic E-state index is 0.736. The van der Waals surface area contributed by atoms with Crippen LogP contribution in [-0.2, 0) is 0 Å². The van der Waals surface area contributed by atoms with Crippen molar-refractivity contribution in [2.75, 3.05) is 33.2 Å². The van der Waals surface area contributed by atoms with Crippen molar-refractivity contribution >= 4 is 23.1 Å². The van der Waals surface area contributed by atoms with Crippen LogP contribution in [0.5, 0.6) is 0 Å². The van der Waals surface area contributed by atoms with Crippen LogP contribution in [-0.4, -0.2) is 48.9 Å². The Balaban J connectivity index is 1.94. The van der Waals surface area contributed by atoms with Gasteiger partial charge in [0.2, 0.25) is 0 Å². The summed E-state index contributed by atoms with van der Waals surface area (Å²) in [7, 11) is 2.16. The second kappa shape index (κ2) is 6.95. The molecule has 2 aromatic carbocycles. The molecule has 1 fully saturated rings. The molecular weight excluding hydrogens is 294 g/mol. The molecule has 0 radical (unpaired) electrons. The van der Waals surface area contributed by atoms with Crippen LogP contribution in [0.4, 0.5) is 5.69 Å². The van der Waals surface area contributed by atoms with E-state index < -0.39 is 0 Å². The first kappa shape index (κ1) is 15.1. The average molecular weight is 314 g/mol. The van der Waals surface area contributed by atoms with Gasteiger partial charge >= 0.3 is 0 Å². The van der Waals surface area contributed by atoms with Crippen LogP contribution >= 0.6 is 11.6 Å². The largest absolute Gasteiger partial charge is 0.354 e. The monoisotopic (exact) mass is 313 g/mol. The molecule has 22 heavy (non-hydrogen) atoms. The second-order valence-electron chi connectivity index (χ2n) is 5.57. The fraction of sp³-hybridized carbons (Fsp3) is 0.278. The van der Waals surface area contributed by atoms with Crippen LogP contribution in [0, 0.1) is 0 Å². The summed E-state index contributed by atoms with van der Waals surface area (Å²) in [6, 6.07) is 18.1. The maximum absolute atomic E-state index is 5.97. The zero-order valence-corrected chi connectivity index (χ0v) is 13.5. The van der Waals surface area contributed by atoms with Crippen molar-refractivity contribution < 1.29 is 0 Å². The molecule has 0 amide bonds. The van der Waals surface area contributed by atoms with Crippen molar-refractivity contribution in [1.29, 1.82) is 0 Å². The van der Waals surface area contributed by atoms with Gasteiger partial charge in [-0.2, -0.15) is 0 Å². The normalized spacial score (nSPS) is 16.8. The molecule has 3 rings (SSSR count). The number of benzene rings is 2. The highest BCUT2D eigenvalue weighted by Gasteiger charge is 2.18. The van der Waals surface area contributed by atoms with E-state index in [0.717, 1.165) is 48.3 Å². The minimum atomic E-state index is 0.736. The number of hydrogen-bond acceptors (Lipinski definition) is 2. The number of likely N-dealkylation sites (N-methyl/N-ethyl adjacent to an activating group) is 1. The first-order valence-electron chi connectivity index (χ1n) is 7.55. The highest BCUT2D eigenvalue weighted by Crippen LogP contribution is 2.19. The smallest absolute Gasteiger partial charge is 0.136 e. The molecule has 0 aromatic heterocycles. The summed E-state index contributed by atoms with van der Waals surface area (Å²) in [5.41, 5.74) is 2.09. The molecule has 3 nitrogen and oxygen atoms in total. The maximum atomic E-state index is 5.97. The van der Waals surface area contributed by atoms with Gasteiger partial charge in [-0.05, 0) is 31.3 Å². The van der Waals surface area contributed by atoms with Crippen molar-refractivity contribution in [1.82, 2.24) is 9.80 Å².